The first-order chi connectivity index (χ1) is 8.81. The van der Waals surface area contributed by atoms with Gasteiger partial charge in [0, 0.05) is 11.3 Å². The Balaban J connectivity index is 3.05. The number of hydrogen-bond acceptors (Lipinski definition) is 2. The summed E-state index contributed by atoms with van der Waals surface area (Å²) in [5.74, 6) is -12.0. The zero-order valence-electron chi connectivity index (χ0n) is 9.65. The normalized spacial score (nSPS) is 12.5. The number of carboxylic acids is 1. The molecule has 106 valence electrons. The van der Waals surface area contributed by atoms with Gasteiger partial charge in [0.15, 0.2) is 23.3 Å². The van der Waals surface area contributed by atoms with Crippen molar-refractivity contribution in [2.75, 3.05) is 0 Å². The lowest BCUT2D eigenvalue weighted by Crippen LogP contribution is -2.16. The van der Waals surface area contributed by atoms with E-state index in [4.69, 9.17) is 5.11 Å². The fourth-order valence-corrected chi connectivity index (χ4v) is 2.32. The first kappa shape index (κ1) is 15.7. The number of rotatable bonds is 5. The molecule has 0 aliphatic heterocycles. The number of carboxylic acid groups (broad SMARTS) is 1. The second-order valence-corrected chi connectivity index (χ2v) is 4.79. The number of benzene rings is 1. The van der Waals surface area contributed by atoms with E-state index < -0.39 is 51.6 Å². The minimum atomic E-state index is -2.23. The number of aliphatic carboxylic acids is 1. The molecule has 0 saturated heterocycles. The van der Waals surface area contributed by atoms with Gasteiger partial charge >= 0.3 is 5.97 Å². The molecule has 8 heteroatoms. The van der Waals surface area contributed by atoms with E-state index in [1.165, 1.54) is 6.92 Å². The largest absolute Gasteiger partial charge is 0.480 e. The number of carbonyl (C=O) groups is 1. The molecule has 0 fully saturated rings. The molecule has 0 aromatic heterocycles. The molecule has 19 heavy (non-hydrogen) atoms. The van der Waals surface area contributed by atoms with Crippen molar-refractivity contribution in [1.82, 2.24) is 0 Å². The van der Waals surface area contributed by atoms with Crippen LogP contribution in [0.4, 0.5) is 22.0 Å². The fourth-order valence-electron chi connectivity index (χ4n) is 1.32. The average molecular weight is 300 g/mol. The SMILES string of the molecule is CCC(SCc1c(F)c(F)c(F)c(F)c1F)C(=O)O. The lowest BCUT2D eigenvalue weighted by atomic mass is 10.2. The minimum Gasteiger partial charge on any atom is -0.480 e. The first-order valence-corrected chi connectivity index (χ1v) is 6.20. The molecule has 0 aliphatic carbocycles. The van der Waals surface area contributed by atoms with Gasteiger partial charge in [-0.2, -0.15) is 0 Å². The quantitative estimate of drug-likeness (QED) is 0.514. The Hall–Kier alpha value is -1.31. The van der Waals surface area contributed by atoms with E-state index in [9.17, 15) is 26.7 Å². The Morgan fingerprint density at radius 2 is 1.47 bits per heavy atom. The molecule has 1 unspecified atom stereocenters. The molecule has 2 nitrogen and oxygen atoms in total. The van der Waals surface area contributed by atoms with Gasteiger partial charge < -0.3 is 5.11 Å². The molecule has 0 heterocycles. The van der Waals surface area contributed by atoms with Crippen LogP contribution in [0, 0.1) is 29.1 Å². The van der Waals surface area contributed by atoms with Crippen molar-refractivity contribution in [2.45, 2.75) is 24.3 Å². The number of thioether (sulfide) groups is 1. The van der Waals surface area contributed by atoms with Crippen molar-refractivity contribution >= 4 is 17.7 Å². The van der Waals surface area contributed by atoms with Crippen LogP contribution in [0.5, 0.6) is 0 Å². The van der Waals surface area contributed by atoms with Gasteiger partial charge in [0.1, 0.15) is 5.25 Å². The molecule has 0 radical (unpaired) electrons. The summed E-state index contributed by atoms with van der Waals surface area (Å²) < 4.78 is 65.1. The van der Waals surface area contributed by atoms with Crippen LogP contribution in [-0.2, 0) is 10.5 Å². The summed E-state index contributed by atoms with van der Waals surface area (Å²) in [6.07, 6.45) is 0.162. The minimum absolute atomic E-state index is 0.162. The second-order valence-electron chi connectivity index (χ2n) is 3.59. The Morgan fingerprint density at radius 1 is 1.05 bits per heavy atom. The van der Waals surface area contributed by atoms with Crippen LogP contribution in [-0.4, -0.2) is 16.3 Å². The first-order valence-electron chi connectivity index (χ1n) is 5.15. The topological polar surface area (TPSA) is 37.3 Å². The lowest BCUT2D eigenvalue weighted by Gasteiger charge is -2.11. The molecule has 1 aromatic rings. The maximum absolute atomic E-state index is 13.3. The lowest BCUT2D eigenvalue weighted by molar-refractivity contribution is -0.136. The van der Waals surface area contributed by atoms with Gasteiger partial charge in [0.05, 0.1) is 0 Å². The van der Waals surface area contributed by atoms with E-state index in [2.05, 4.69) is 0 Å². The Labute approximate surface area is 109 Å². The Morgan fingerprint density at radius 3 is 1.84 bits per heavy atom. The van der Waals surface area contributed by atoms with Gasteiger partial charge in [-0.3, -0.25) is 4.79 Å². The Bertz CT molecular complexity index is 477. The average Bonchev–Trinajstić information content (AvgIpc) is 2.38. The highest BCUT2D eigenvalue weighted by molar-refractivity contribution is 7.99. The molecule has 0 spiro atoms. The predicted molar refractivity (Wildman–Crippen MR) is 59.2 cm³/mol. The maximum Gasteiger partial charge on any atom is 0.316 e. The smallest absolute Gasteiger partial charge is 0.316 e. The van der Waals surface area contributed by atoms with Gasteiger partial charge in [0.2, 0.25) is 5.82 Å². The maximum atomic E-state index is 13.3. The van der Waals surface area contributed by atoms with E-state index in [1.807, 2.05) is 0 Å². The zero-order valence-corrected chi connectivity index (χ0v) is 10.5. The monoisotopic (exact) mass is 300 g/mol. The third-order valence-electron chi connectivity index (χ3n) is 2.38. The predicted octanol–water partition coefficient (Wildman–Crippen LogP) is 3.48. The van der Waals surface area contributed by atoms with E-state index >= 15 is 0 Å². The van der Waals surface area contributed by atoms with Crippen molar-refractivity contribution in [2.24, 2.45) is 0 Å². The molecule has 0 aliphatic rings. The second kappa shape index (κ2) is 6.23. The Kier molecular flexibility index (Phi) is 5.16. The summed E-state index contributed by atoms with van der Waals surface area (Å²) in [4.78, 5) is 10.7. The number of hydrogen-bond donors (Lipinski definition) is 1. The highest BCUT2D eigenvalue weighted by Gasteiger charge is 2.26. The highest BCUT2D eigenvalue weighted by atomic mass is 32.2. The number of halogens is 5. The van der Waals surface area contributed by atoms with Gasteiger partial charge in [0.25, 0.3) is 0 Å². The van der Waals surface area contributed by atoms with E-state index in [1.54, 1.807) is 0 Å². The summed E-state index contributed by atoms with van der Waals surface area (Å²) in [6.45, 7) is 1.53. The molecule has 0 amide bonds. The van der Waals surface area contributed by atoms with Crippen LogP contribution in [0.25, 0.3) is 0 Å². The summed E-state index contributed by atoms with van der Waals surface area (Å²) in [5, 5.41) is 7.75. The summed E-state index contributed by atoms with van der Waals surface area (Å²) in [6, 6.07) is 0. The molecule has 0 saturated carbocycles. The van der Waals surface area contributed by atoms with Crippen LogP contribution < -0.4 is 0 Å². The van der Waals surface area contributed by atoms with Gasteiger partial charge in [-0.25, -0.2) is 22.0 Å². The van der Waals surface area contributed by atoms with Crippen LogP contribution in [0.3, 0.4) is 0 Å². The van der Waals surface area contributed by atoms with E-state index in [0.29, 0.717) is 11.8 Å². The van der Waals surface area contributed by atoms with Gasteiger partial charge in [-0.15, -0.1) is 11.8 Å². The van der Waals surface area contributed by atoms with Crippen molar-refractivity contribution in [3.8, 4) is 0 Å². The van der Waals surface area contributed by atoms with Crippen molar-refractivity contribution in [3.05, 3.63) is 34.6 Å². The van der Waals surface area contributed by atoms with Gasteiger partial charge in [-0.05, 0) is 6.42 Å². The summed E-state index contributed by atoms with van der Waals surface area (Å²) >= 11 is 0.599. The molecule has 0 bridgehead atoms. The van der Waals surface area contributed by atoms with Crippen LogP contribution in [0.1, 0.15) is 18.9 Å². The van der Waals surface area contributed by atoms with E-state index in [-0.39, 0.29) is 6.42 Å². The van der Waals surface area contributed by atoms with Crippen LogP contribution in [0.2, 0.25) is 0 Å². The summed E-state index contributed by atoms with van der Waals surface area (Å²) in [5.41, 5.74) is -1.01. The standard InChI is InChI=1S/C11H9F5O2S/c1-2-5(11(17)18)19-3-4-6(12)8(14)10(16)9(15)7(4)13/h5H,2-3H2,1H3,(H,17,18). The molecular weight excluding hydrogens is 291 g/mol. The van der Waals surface area contributed by atoms with Crippen LogP contribution >= 0.6 is 11.8 Å². The van der Waals surface area contributed by atoms with Crippen LogP contribution in [0.15, 0.2) is 0 Å². The third-order valence-corrected chi connectivity index (χ3v) is 3.77. The fraction of sp³-hybridized carbons (Fsp3) is 0.364. The molecule has 1 N–H and O–H groups in total. The van der Waals surface area contributed by atoms with Crippen molar-refractivity contribution in [3.63, 3.8) is 0 Å². The van der Waals surface area contributed by atoms with Crippen molar-refractivity contribution in [1.29, 1.82) is 0 Å². The molecule has 1 atom stereocenters. The highest BCUT2D eigenvalue weighted by Crippen LogP contribution is 2.28. The molecule has 1 aromatic carbocycles. The third kappa shape index (κ3) is 3.17. The van der Waals surface area contributed by atoms with Gasteiger partial charge in [-0.1, -0.05) is 6.92 Å². The summed E-state index contributed by atoms with van der Waals surface area (Å²) in [7, 11) is 0. The zero-order chi connectivity index (χ0) is 14.7. The molecule has 1 rings (SSSR count). The van der Waals surface area contributed by atoms with E-state index in [0.717, 1.165) is 0 Å². The molecular formula is C11H9F5O2S. The van der Waals surface area contributed by atoms with Crippen molar-refractivity contribution < 1.29 is 31.9 Å².